The molecule has 0 radical (unpaired) electrons. The highest BCUT2D eigenvalue weighted by atomic mass is 32.1. The van der Waals surface area contributed by atoms with E-state index in [9.17, 15) is 14.9 Å². The number of hydrogen-bond acceptors (Lipinski definition) is 6. The number of rotatable bonds is 5. The summed E-state index contributed by atoms with van der Waals surface area (Å²) in [5, 5.41) is 15.6. The first kappa shape index (κ1) is 13.3. The van der Waals surface area contributed by atoms with Crippen LogP contribution in [0.3, 0.4) is 0 Å². The second-order valence-corrected chi connectivity index (χ2v) is 5.57. The van der Waals surface area contributed by atoms with Gasteiger partial charge in [-0.05, 0) is 18.8 Å². The number of amides is 1. The van der Waals surface area contributed by atoms with Gasteiger partial charge in [-0.1, -0.05) is 11.3 Å². The second-order valence-electron chi connectivity index (χ2n) is 4.70. The van der Waals surface area contributed by atoms with Crippen molar-refractivity contribution in [2.24, 2.45) is 11.1 Å². The van der Waals surface area contributed by atoms with Gasteiger partial charge in [0.25, 0.3) is 4.96 Å². The van der Waals surface area contributed by atoms with Crippen molar-refractivity contribution in [1.29, 1.82) is 0 Å². The van der Waals surface area contributed by atoms with Crippen LogP contribution >= 0.6 is 11.3 Å². The van der Waals surface area contributed by atoms with E-state index in [1.807, 2.05) is 0 Å². The minimum atomic E-state index is -0.815. The molecule has 0 bridgehead atoms. The Morgan fingerprint density at radius 1 is 1.68 bits per heavy atom. The number of carbonyl (C=O) groups excluding carboxylic acids is 1. The van der Waals surface area contributed by atoms with Crippen molar-refractivity contribution in [3.05, 3.63) is 21.7 Å². The van der Waals surface area contributed by atoms with Gasteiger partial charge in [0.2, 0.25) is 11.7 Å². The molecule has 0 aromatic carbocycles. The number of nitrogens with zero attached hydrogens (tertiary/aromatic N) is 3. The van der Waals surface area contributed by atoms with Gasteiger partial charge in [-0.2, -0.15) is 9.38 Å². The van der Waals surface area contributed by atoms with Crippen LogP contribution in [-0.2, 0) is 4.79 Å². The number of thiazole rings is 1. The van der Waals surface area contributed by atoms with E-state index in [-0.39, 0.29) is 18.2 Å². The Hall–Kier alpha value is -2.16. The molecular weight excluding hydrogens is 270 g/mol. The zero-order chi connectivity index (χ0) is 14.2. The van der Waals surface area contributed by atoms with E-state index in [0.717, 1.165) is 0 Å². The van der Waals surface area contributed by atoms with Gasteiger partial charge in [0.05, 0.1) is 5.41 Å². The molecule has 0 atom stereocenters. The van der Waals surface area contributed by atoms with Gasteiger partial charge >= 0.3 is 5.82 Å². The topological polar surface area (TPSA) is 116 Å². The summed E-state index contributed by atoms with van der Waals surface area (Å²) in [6.07, 6.45) is 1.58. The van der Waals surface area contributed by atoms with Crippen LogP contribution in [0, 0.1) is 15.5 Å². The molecule has 0 saturated carbocycles. The predicted molar refractivity (Wildman–Crippen MR) is 71.2 cm³/mol. The molecule has 2 rings (SSSR count). The van der Waals surface area contributed by atoms with Crippen LogP contribution in [0.5, 0.6) is 0 Å². The van der Waals surface area contributed by atoms with Crippen molar-refractivity contribution in [2.75, 3.05) is 11.9 Å². The third kappa shape index (κ3) is 2.36. The van der Waals surface area contributed by atoms with Crippen molar-refractivity contribution < 1.29 is 9.72 Å². The van der Waals surface area contributed by atoms with E-state index in [4.69, 9.17) is 5.73 Å². The van der Waals surface area contributed by atoms with Crippen molar-refractivity contribution in [3.8, 4) is 0 Å². The number of nitrogens with two attached hydrogens (primary N) is 1. The maximum atomic E-state index is 11.2. The predicted octanol–water partition coefficient (Wildman–Crippen LogP) is 1.23. The molecule has 2 aromatic heterocycles. The van der Waals surface area contributed by atoms with Crippen molar-refractivity contribution in [3.63, 3.8) is 0 Å². The number of nitro groups is 1. The number of imidazole rings is 1. The quantitative estimate of drug-likeness (QED) is 0.632. The van der Waals surface area contributed by atoms with E-state index in [1.54, 1.807) is 25.4 Å². The molecule has 0 fully saturated rings. The van der Waals surface area contributed by atoms with Gasteiger partial charge in [0.1, 0.15) is 6.20 Å². The summed E-state index contributed by atoms with van der Waals surface area (Å²) < 4.78 is 1.39. The molecule has 0 aliphatic carbocycles. The lowest BCUT2D eigenvalue weighted by atomic mass is 9.93. The average molecular weight is 283 g/mol. The van der Waals surface area contributed by atoms with Crippen molar-refractivity contribution in [1.82, 2.24) is 9.38 Å². The second kappa shape index (κ2) is 4.50. The summed E-state index contributed by atoms with van der Waals surface area (Å²) in [6, 6.07) is 0. The summed E-state index contributed by atoms with van der Waals surface area (Å²) in [7, 11) is 0. The van der Waals surface area contributed by atoms with Gasteiger partial charge in [-0.25, -0.2) is 0 Å². The van der Waals surface area contributed by atoms with Crippen molar-refractivity contribution >= 4 is 33.8 Å². The van der Waals surface area contributed by atoms with Gasteiger partial charge < -0.3 is 21.2 Å². The molecule has 19 heavy (non-hydrogen) atoms. The van der Waals surface area contributed by atoms with Crippen LogP contribution in [0.4, 0.5) is 11.6 Å². The Labute approximate surface area is 112 Å². The maximum absolute atomic E-state index is 11.2. The third-order valence-electron chi connectivity index (χ3n) is 2.77. The average Bonchev–Trinajstić information content (AvgIpc) is 2.84. The monoisotopic (exact) mass is 283 g/mol. The molecule has 0 spiro atoms. The van der Waals surface area contributed by atoms with E-state index in [0.29, 0.717) is 4.96 Å². The third-order valence-corrected chi connectivity index (χ3v) is 3.53. The van der Waals surface area contributed by atoms with Crippen molar-refractivity contribution in [2.45, 2.75) is 13.8 Å². The summed E-state index contributed by atoms with van der Waals surface area (Å²) in [5.74, 6) is -0.480. The molecule has 102 valence electrons. The number of primary amides is 1. The molecular formula is C10H13N5O3S. The summed E-state index contributed by atoms with van der Waals surface area (Å²) in [4.78, 5) is 26.4. The molecule has 0 aliphatic heterocycles. The Balaban J connectivity index is 2.30. The molecule has 9 heteroatoms. The zero-order valence-electron chi connectivity index (χ0n) is 10.4. The van der Waals surface area contributed by atoms with Crippen LogP contribution < -0.4 is 11.1 Å². The van der Waals surface area contributed by atoms with Crippen LogP contribution in [0.1, 0.15) is 13.8 Å². The first-order chi connectivity index (χ1) is 8.83. The molecule has 0 aliphatic rings. The maximum Gasteiger partial charge on any atom is 0.372 e. The molecule has 0 saturated heterocycles. The molecule has 1 amide bonds. The number of aromatic nitrogens is 2. The molecule has 0 unspecified atom stereocenters. The lowest BCUT2D eigenvalue weighted by molar-refractivity contribution is -0.389. The first-order valence-electron chi connectivity index (χ1n) is 5.46. The normalized spacial score (nSPS) is 11.7. The smallest absolute Gasteiger partial charge is 0.369 e. The fourth-order valence-corrected chi connectivity index (χ4v) is 2.17. The lowest BCUT2D eigenvalue weighted by Crippen LogP contribution is -2.37. The summed E-state index contributed by atoms with van der Waals surface area (Å²) in [6.45, 7) is 3.49. The fraction of sp³-hybridized carbons (Fsp3) is 0.400. The minimum Gasteiger partial charge on any atom is -0.369 e. The van der Waals surface area contributed by atoms with E-state index in [1.165, 1.54) is 15.7 Å². The standard InChI is InChI=1S/C10H13N5O3S/c1-10(2,8(11)16)5-12-6-7(15(17)18)14-3-4-19-9(14)13-6/h3-4,12H,5H2,1-2H3,(H2,11,16). The largest absolute Gasteiger partial charge is 0.372 e. The van der Waals surface area contributed by atoms with E-state index in [2.05, 4.69) is 10.3 Å². The number of nitrogens with one attached hydrogen (secondary N) is 1. The number of fused-ring (bicyclic) bond motifs is 1. The Bertz CT molecular complexity index is 645. The van der Waals surface area contributed by atoms with E-state index < -0.39 is 16.2 Å². The summed E-state index contributed by atoms with van der Waals surface area (Å²) in [5.41, 5.74) is 4.44. The Morgan fingerprint density at radius 2 is 2.37 bits per heavy atom. The summed E-state index contributed by atoms with van der Waals surface area (Å²) >= 11 is 1.30. The highest BCUT2D eigenvalue weighted by molar-refractivity contribution is 7.15. The van der Waals surface area contributed by atoms with Gasteiger partial charge in [-0.15, -0.1) is 0 Å². The zero-order valence-corrected chi connectivity index (χ0v) is 11.2. The van der Waals surface area contributed by atoms with E-state index >= 15 is 0 Å². The number of anilines is 1. The minimum absolute atomic E-state index is 0.142. The van der Waals surface area contributed by atoms with Gasteiger partial charge in [-0.3, -0.25) is 4.79 Å². The van der Waals surface area contributed by atoms with Crippen LogP contribution in [-0.4, -0.2) is 26.8 Å². The number of carbonyl (C=O) groups is 1. The molecule has 2 aromatic rings. The first-order valence-corrected chi connectivity index (χ1v) is 6.34. The molecule has 3 N–H and O–H groups in total. The van der Waals surface area contributed by atoms with Crippen LogP contribution in [0.15, 0.2) is 11.6 Å². The SMILES string of the molecule is CC(C)(CNc1nc2sccn2c1[N+](=O)[O-])C(N)=O. The fourth-order valence-electron chi connectivity index (χ4n) is 1.46. The van der Waals surface area contributed by atoms with Crippen LogP contribution in [0.25, 0.3) is 4.96 Å². The number of hydrogen-bond donors (Lipinski definition) is 2. The lowest BCUT2D eigenvalue weighted by Gasteiger charge is -2.20. The van der Waals surface area contributed by atoms with Gasteiger partial charge in [0.15, 0.2) is 0 Å². The highest BCUT2D eigenvalue weighted by Crippen LogP contribution is 2.28. The Morgan fingerprint density at radius 3 is 2.95 bits per heavy atom. The highest BCUT2D eigenvalue weighted by Gasteiger charge is 2.28. The molecule has 2 heterocycles. The molecule has 8 nitrogen and oxygen atoms in total. The van der Waals surface area contributed by atoms with Gasteiger partial charge in [0, 0.05) is 11.9 Å². The Kier molecular flexibility index (Phi) is 3.14. The van der Waals surface area contributed by atoms with Crippen LogP contribution in [0.2, 0.25) is 0 Å².